The largest absolute Gasteiger partial charge is 0.381 e. The molecule has 0 aliphatic heterocycles. The standard InChI is InChI=1S/C9H18O2/c1-7(2)8(3)9(11-4)5-6-10/h6-9H,5H2,1-4H3. The minimum atomic E-state index is 0.0903. The van der Waals surface area contributed by atoms with Crippen LogP contribution in [0.1, 0.15) is 27.2 Å². The van der Waals surface area contributed by atoms with Gasteiger partial charge in [0.05, 0.1) is 6.10 Å². The van der Waals surface area contributed by atoms with Gasteiger partial charge in [0.1, 0.15) is 6.29 Å². The highest BCUT2D eigenvalue weighted by Gasteiger charge is 2.18. The van der Waals surface area contributed by atoms with Crippen LogP contribution in [0.2, 0.25) is 0 Å². The molecule has 0 spiro atoms. The van der Waals surface area contributed by atoms with E-state index in [9.17, 15) is 4.79 Å². The van der Waals surface area contributed by atoms with E-state index >= 15 is 0 Å². The van der Waals surface area contributed by atoms with Crippen LogP contribution >= 0.6 is 0 Å². The van der Waals surface area contributed by atoms with Gasteiger partial charge in [-0.25, -0.2) is 0 Å². The number of hydrogen-bond donors (Lipinski definition) is 0. The third-order valence-electron chi connectivity index (χ3n) is 2.27. The molecule has 0 aliphatic rings. The van der Waals surface area contributed by atoms with Crippen molar-refractivity contribution in [3.8, 4) is 0 Å². The zero-order valence-corrected chi connectivity index (χ0v) is 7.83. The summed E-state index contributed by atoms with van der Waals surface area (Å²) >= 11 is 0. The molecule has 0 heterocycles. The highest BCUT2D eigenvalue weighted by molar-refractivity contribution is 5.50. The van der Waals surface area contributed by atoms with Crippen molar-refractivity contribution in [3.05, 3.63) is 0 Å². The molecule has 0 aromatic carbocycles. The number of carbonyl (C=O) groups is 1. The smallest absolute Gasteiger partial charge is 0.122 e. The van der Waals surface area contributed by atoms with Gasteiger partial charge in [-0.2, -0.15) is 0 Å². The van der Waals surface area contributed by atoms with Crippen molar-refractivity contribution in [2.24, 2.45) is 11.8 Å². The van der Waals surface area contributed by atoms with Crippen molar-refractivity contribution in [2.45, 2.75) is 33.3 Å². The highest BCUT2D eigenvalue weighted by Crippen LogP contribution is 2.18. The third kappa shape index (κ3) is 3.51. The van der Waals surface area contributed by atoms with Gasteiger partial charge in [-0.3, -0.25) is 0 Å². The molecule has 0 aliphatic carbocycles. The van der Waals surface area contributed by atoms with E-state index in [0.29, 0.717) is 18.3 Å². The number of aldehydes is 1. The van der Waals surface area contributed by atoms with Gasteiger partial charge in [-0.05, 0) is 11.8 Å². The van der Waals surface area contributed by atoms with Crippen LogP contribution in [-0.2, 0) is 9.53 Å². The molecular formula is C9H18O2. The van der Waals surface area contributed by atoms with Crippen molar-refractivity contribution >= 4 is 6.29 Å². The fraction of sp³-hybridized carbons (Fsp3) is 0.889. The van der Waals surface area contributed by atoms with E-state index in [1.807, 2.05) is 0 Å². The van der Waals surface area contributed by atoms with Gasteiger partial charge in [0.15, 0.2) is 0 Å². The average molecular weight is 158 g/mol. The zero-order valence-electron chi connectivity index (χ0n) is 7.83. The fourth-order valence-corrected chi connectivity index (χ4v) is 1.05. The van der Waals surface area contributed by atoms with Gasteiger partial charge in [-0.1, -0.05) is 20.8 Å². The molecule has 2 unspecified atom stereocenters. The molecule has 2 nitrogen and oxygen atoms in total. The van der Waals surface area contributed by atoms with Gasteiger partial charge in [0, 0.05) is 13.5 Å². The first kappa shape index (κ1) is 10.6. The summed E-state index contributed by atoms with van der Waals surface area (Å²) in [6.45, 7) is 6.39. The van der Waals surface area contributed by atoms with Gasteiger partial charge in [0.25, 0.3) is 0 Å². The van der Waals surface area contributed by atoms with Crippen LogP contribution in [0.4, 0.5) is 0 Å². The van der Waals surface area contributed by atoms with Crippen LogP contribution in [-0.4, -0.2) is 19.5 Å². The molecule has 0 N–H and O–H groups in total. The molecule has 0 fully saturated rings. The van der Waals surface area contributed by atoms with Gasteiger partial charge in [0.2, 0.25) is 0 Å². The molecule has 0 aromatic heterocycles. The molecule has 0 amide bonds. The molecule has 0 saturated heterocycles. The van der Waals surface area contributed by atoms with Gasteiger partial charge >= 0.3 is 0 Å². The summed E-state index contributed by atoms with van der Waals surface area (Å²) in [5.74, 6) is 1.02. The van der Waals surface area contributed by atoms with Crippen LogP contribution in [0, 0.1) is 11.8 Å². The summed E-state index contributed by atoms with van der Waals surface area (Å²) < 4.78 is 5.18. The molecule has 0 bridgehead atoms. The first-order chi connectivity index (χ1) is 5.13. The average Bonchev–Trinajstić information content (AvgIpc) is 1.98. The van der Waals surface area contributed by atoms with Crippen LogP contribution in [0.15, 0.2) is 0 Å². The Labute approximate surface area is 68.9 Å². The van der Waals surface area contributed by atoms with Gasteiger partial charge < -0.3 is 9.53 Å². The number of rotatable bonds is 5. The van der Waals surface area contributed by atoms with E-state index in [0.717, 1.165) is 6.29 Å². The van der Waals surface area contributed by atoms with E-state index < -0.39 is 0 Å². The molecule has 0 radical (unpaired) electrons. The second-order valence-electron chi connectivity index (χ2n) is 3.28. The summed E-state index contributed by atoms with van der Waals surface area (Å²) in [5, 5.41) is 0. The third-order valence-corrected chi connectivity index (χ3v) is 2.27. The number of methoxy groups -OCH3 is 1. The Bertz CT molecular complexity index is 110. The fourth-order valence-electron chi connectivity index (χ4n) is 1.05. The lowest BCUT2D eigenvalue weighted by Gasteiger charge is -2.23. The van der Waals surface area contributed by atoms with E-state index in [4.69, 9.17) is 4.74 Å². The number of carbonyl (C=O) groups excluding carboxylic acids is 1. The lowest BCUT2D eigenvalue weighted by molar-refractivity contribution is -0.111. The second-order valence-corrected chi connectivity index (χ2v) is 3.28. The summed E-state index contributed by atoms with van der Waals surface area (Å²) in [6, 6.07) is 0. The van der Waals surface area contributed by atoms with E-state index in [1.165, 1.54) is 0 Å². The first-order valence-electron chi connectivity index (χ1n) is 4.09. The Kier molecular flexibility index (Phi) is 5.12. The quantitative estimate of drug-likeness (QED) is 0.571. The Hall–Kier alpha value is -0.370. The van der Waals surface area contributed by atoms with Crippen molar-refractivity contribution in [3.63, 3.8) is 0 Å². The molecule has 0 saturated carbocycles. The molecule has 0 rings (SSSR count). The van der Waals surface area contributed by atoms with E-state index in [-0.39, 0.29) is 6.10 Å². The predicted molar refractivity (Wildman–Crippen MR) is 45.5 cm³/mol. The lowest BCUT2D eigenvalue weighted by Crippen LogP contribution is -2.24. The zero-order chi connectivity index (χ0) is 8.85. The normalized spacial score (nSPS) is 16.5. The topological polar surface area (TPSA) is 26.3 Å². The minimum absolute atomic E-state index is 0.0903. The lowest BCUT2D eigenvalue weighted by atomic mass is 9.91. The van der Waals surface area contributed by atoms with Crippen LogP contribution in [0.5, 0.6) is 0 Å². The van der Waals surface area contributed by atoms with Crippen molar-refractivity contribution < 1.29 is 9.53 Å². The highest BCUT2D eigenvalue weighted by atomic mass is 16.5. The number of hydrogen-bond acceptors (Lipinski definition) is 2. The van der Waals surface area contributed by atoms with Crippen molar-refractivity contribution in [2.75, 3.05) is 7.11 Å². The maximum Gasteiger partial charge on any atom is 0.122 e. The molecular weight excluding hydrogens is 140 g/mol. The first-order valence-corrected chi connectivity index (χ1v) is 4.09. The molecule has 66 valence electrons. The Morgan fingerprint density at radius 2 is 1.91 bits per heavy atom. The van der Waals surface area contributed by atoms with Gasteiger partial charge in [-0.15, -0.1) is 0 Å². The summed E-state index contributed by atoms with van der Waals surface area (Å²) in [7, 11) is 1.66. The number of ether oxygens (including phenoxy) is 1. The van der Waals surface area contributed by atoms with E-state index in [2.05, 4.69) is 20.8 Å². The summed E-state index contributed by atoms with van der Waals surface area (Å²) in [5.41, 5.74) is 0. The van der Waals surface area contributed by atoms with Crippen molar-refractivity contribution in [1.82, 2.24) is 0 Å². The van der Waals surface area contributed by atoms with Crippen LogP contribution in [0.3, 0.4) is 0 Å². The van der Waals surface area contributed by atoms with Crippen LogP contribution in [0.25, 0.3) is 0 Å². The molecule has 11 heavy (non-hydrogen) atoms. The van der Waals surface area contributed by atoms with Crippen LogP contribution < -0.4 is 0 Å². The maximum absolute atomic E-state index is 10.2. The Morgan fingerprint density at radius 3 is 2.18 bits per heavy atom. The monoisotopic (exact) mass is 158 g/mol. The summed E-state index contributed by atoms with van der Waals surface area (Å²) in [6.07, 6.45) is 1.52. The molecule has 0 aromatic rings. The SMILES string of the molecule is COC(CC=O)C(C)C(C)C. The minimum Gasteiger partial charge on any atom is -0.381 e. The molecule has 2 atom stereocenters. The van der Waals surface area contributed by atoms with E-state index in [1.54, 1.807) is 7.11 Å². The molecule has 2 heteroatoms. The van der Waals surface area contributed by atoms with Crippen molar-refractivity contribution in [1.29, 1.82) is 0 Å². The Balaban J connectivity index is 3.90. The predicted octanol–water partition coefficient (Wildman–Crippen LogP) is 1.88. The summed E-state index contributed by atoms with van der Waals surface area (Å²) in [4.78, 5) is 10.2. The second kappa shape index (κ2) is 5.30. The maximum atomic E-state index is 10.2. The Morgan fingerprint density at radius 1 is 1.36 bits per heavy atom.